The molecule has 0 bridgehead atoms. The summed E-state index contributed by atoms with van der Waals surface area (Å²) in [6.07, 6.45) is 0. The lowest BCUT2D eigenvalue weighted by Gasteiger charge is -2.16. The molecule has 0 nitrogen and oxygen atoms in total. The van der Waals surface area contributed by atoms with Crippen molar-refractivity contribution in [1.82, 2.24) is 0 Å². The van der Waals surface area contributed by atoms with Crippen molar-refractivity contribution in [2.24, 2.45) is 0 Å². The Labute approximate surface area is 209 Å². The van der Waals surface area contributed by atoms with E-state index in [1.165, 1.54) is 59.8 Å². The van der Waals surface area contributed by atoms with Gasteiger partial charge in [-0.15, -0.1) is 0 Å². The maximum Gasteiger partial charge on any atom is 0.0412 e. The topological polar surface area (TPSA) is 0 Å². The highest BCUT2D eigenvalue weighted by Gasteiger charge is 2.14. The molecule has 7 aromatic rings. The fourth-order valence-electron chi connectivity index (χ4n) is 5.44. The van der Waals surface area contributed by atoms with E-state index >= 15 is 0 Å². The molecule has 0 radical (unpaired) electrons. The van der Waals surface area contributed by atoms with Gasteiger partial charge in [0.15, 0.2) is 0 Å². The monoisotopic (exact) mass is 464 g/mol. The number of benzene rings is 7. The Morgan fingerprint density at radius 3 is 1.74 bits per heavy atom. The molecule has 0 spiro atoms. The first-order chi connectivity index (χ1) is 17.3. The van der Waals surface area contributed by atoms with Crippen LogP contribution in [0.1, 0.15) is 0 Å². The summed E-state index contributed by atoms with van der Waals surface area (Å²) in [6, 6.07) is 45.7. The largest absolute Gasteiger partial charge is 0.0843 e. The van der Waals surface area contributed by atoms with Crippen LogP contribution in [0.15, 0.2) is 127 Å². The van der Waals surface area contributed by atoms with Crippen LogP contribution in [-0.2, 0) is 0 Å². The number of hydrogen-bond donors (Lipinski definition) is 0. The van der Waals surface area contributed by atoms with Crippen molar-refractivity contribution in [2.75, 3.05) is 0 Å². The molecule has 0 fully saturated rings. The lowest BCUT2D eigenvalue weighted by molar-refractivity contribution is 1.62. The smallest absolute Gasteiger partial charge is 0.0412 e. The second kappa shape index (κ2) is 7.98. The molecule has 0 amide bonds. The third-order valence-corrected chi connectivity index (χ3v) is 7.33. The van der Waals surface area contributed by atoms with Gasteiger partial charge in [-0.05, 0) is 89.6 Å². The minimum atomic E-state index is 0.743. The van der Waals surface area contributed by atoms with E-state index in [1.54, 1.807) is 0 Å². The van der Waals surface area contributed by atoms with E-state index in [0.29, 0.717) is 0 Å². The molecule has 7 rings (SSSR count). The summed E-state index contributed by atoms with van der Waals surface area (Å²) >= 11 is 6.60. The lowest BCUT2D eigenvalue weighted by atomic mass is 9.88. The number of halogens is 1. The molecule has 35 heavy (non-hydrogen) atoms. The summed E-state index contributed by atoms with van der Waals surface area (Å²) in [5, 5.41) is 10.8. The second-order valence-corrected chi connectivity index (χ2v) is 9.54. The Morgan fingerprint density at radius 1 is 0.343 bits per heavy atom. The van der Waals surface area contributed by atoms with Crippen LogP contribution >= 0.6 is 11.6 Å². The van der Waals surface area contributed by atoms with E-state index in [-0.39, 0.29) is 0 Å². The molecule has 1 heteroatoms. The van der Waals surface area contributed by atoms with Gasteiger partial charge < -0.3 is 0 Å². The molecule has 0 aliphatic rings. The van der Waals surface area contributed by atoms with Crippen LogP contribution in [0.25, 0.3) is 65.3 Å². The molecule has 0 aliphatic carbocycles. The molecule has 0 unspecified atom stereocenters. The first-order valence-corrected chi connectivity index (χ1v) is 12.3. The normalized spacial score (nSPS) is 11.6. The van der Waals surface area contributed by atoms with Gasteiger partial charge >= 0.3 is 0 Å². The summed E-state index contributed by atoms with van der Waals surface area (Å²) in [5.74, 6) is 0. The fourth-order valence-corrected chi connectivity index (χ4v) is 5.61. The van der Waals surface area contributed by atoms with E-state index in [9.17, 15) is 0 Å². The van der Waals surface area contributed by atoms with Crippen molar-refractivity contribution in [3.8, 4) is 22.3 Å². The highest BCUT2D eigenvalue weighted by atomic mass is 35.5. The Balaban J connectivity index is 1.55. The molecule has 0 saturated heterocycles. The van der Waals surface area contributed by atoms with E-state index in [2.05, 4.69) is 121 Å². The molecule has 0 saturated carbocycles. The third-order valence-electron chi connectivity index (χ3n) is 7.10. The van der Waals surface area contributed by atoms with Gasteiger partial charge in [-0.25, -0.2) is 0 Å². The van der Waals surface area contributed by atoms with E-state index in [1.807, 2.05) is 6.07 Å². The molecule has 0 atom stereocenters. The van der Waals surface area contributed by atoms with Crippen molar-refractivity contribution in [2.45, 2.75) is 0 Å². The van der Waals surface area contributed by atoms with Crippen LogP contribution < -0.4 is 0 Å². The van der Waals surface area contributed by atoms with Crippen molar-refractivity contribution in [1.29, 1.82) is 0 Å². The van der Waals surface area contributed by atoms with E-state index in [4.69, 9.17) is 11.6 Å². The molecule has 7 aromatic carbocycles. The Hall–Kier alpha value is -4.13. The van der Waals surface area contributed by atoms with Gasteiger partial charge in [-0.3, -0.25) is 0 Å². The van der Waals surface area contributed by atoms with Crippen LogP contribution in [-0.4, -0.2) is 0 Å². The standard InChI is InChI=1S/C34H21Cl/c35-26-17-18-29(25-16-15-23-14-13-22-7-1-3-9-27(22)32(23)19-25)34(21-26)33-20-24-8-2-4-10-28(24)30-11-5-6-12-31(30)33/h1-21H. The van der Waals surface area contributed by atoms with Gasteiger partial charge in [0.25, 0.3) is 0 Å². The SMILES string of the molecule is Clc1ccc(-c2ccc3ccc4ccccc4c3c2)c(-c2cc3ccccc3c3ccccc23)c1. The van der Waals surface area contributed by atoms with Crippen molar-refractivity contribution in [3.05, 3.63) is 132 Å². The molecule has 0 heterocycles. The first-order valence-electron chi connectivity index (χ1n) is 11.9. The van der Waals surface area contributed by atoms with Gasteiger partial charge in [0, 0.05) is 5.02 Å². The summed E-state index contributed by atoms with van der Waals surface area (Å²) in [7, 11) is 0. The Kier molecular flexibility index (Phi) is 4.62. The van der Waals surface area contributed by atoms with Crippen LogP contribution in [0.3, 0.4) is 0 Å². The predicted octanol–water partition coefficient (Wildman–Crippen LogP) is 10.3. The third kappa shape index (κ3) is 3.30. The summed E-state index contributed by atoms with van der Waals surface area (Å²) in [4.78, 5) is 0. The van der Waals surface area contributed by atoms with Crippen LogP contribution in [0.5, 0.6) is 0 Å². The molecule has 0 aliphatic heterocycles. The number of rotatable bonds is 2. The highest BCUT2D eigenvalue weighted by Crippen LogP contribution is 2.41. The van der Waals surface area contributed by atoms with E-state index in [0.717, 1.165) is 10.6 Å². The van der Waals surface area contributed by atoms with Gasteiger partial charge in [-0.1, -0.05) is 115 Å². The molecule has 0 aromatic heterocycles. The maximum absolute atomic E-state index is 6.60. The zero-order valence-corrected chi connectivity index (χ0v) is 19.8. The van der Waals surface area contributed by atoms with Crippen molar-refractivity contribution < 1.29 is 0 Å². The summed E-state index contributed by atoms with van der Waals surface area (Å²) in [5.41, 5.74) is 4.73. The van der Waals surface area contributed by atoms with Gasteiger partial charge in [-0.2, -0.15) is 0 Å². The van der Waals surface area contributed by atoms with Crippen molar-refractivity contribution in [3.63, 3.8) is 0 Å². The fraction of sp³-hybridized carbons (Fsp3) is 0. The number of fused-ring (bicyclic) bond motifs is 6. The molecule has 164 valence electrons. The maximum atomic E-state index is 6.60. The highest BCUT2D eigenvalue weighted by molar-refractivity contribution is 6.31. The zero-order valence-electron chi connectivity index (χ0n) is 19.0. The van der Waals surface area contributed by atoms with Gasteiger partial charge in [0.05, 0.1) is 0 Å². The van der Waals surface area contributed by atoms with Crippen LogP contribution in [0.4, 0.5) is 0 Å². The van der Waals surface area contributed by atoms with Gasteiger partial charge in [0.1, 0.15) is 0 Å². The molecular formula is C34H21Cl. The summed E-state index contributed by atoms with van der Waals surface area (Å²) < 4.78 is 0. The quantitative estimate of drug-likeness (QED) is 0.223. The summed E-state index contributed by atoms with van der Waals surface area (Å²) in [6.45, 7) is 0. The second-order valence-electron chi connectivity index (χ2n) is 9.10. The Morgan fingerprint density at radius 2 is 0.943 bits per heavy atom. The van der Waals surface area contributed by atoms with Crippen LogP contribution in [0, 0.1) is 0 Å². The molecular weight excluding hydrogens is 444 g/mol. The van der Waals surface area contributed by atoms with Crippen molar-refractivity contribution >= 4 is 54.7 Å². The van der Waals surface area contributed by atoms with Gasteiger partial charge in [0.2, 0.25) is 0 Å². The average molecular weight is 465 g/mol. The predicted molar refractivity (Wildman–Crippen MR) is 152 cm³/mol. The lowest BCUT2D eigenvalue weighted by Crippen LogP contribution is -1.89. The Bertz CT molecular complexity index is 1910. The zero-order chi connectivity index (χ0) is 23.4. The minimum Gasteiger partial charge on any atom is -0.0843 e. The molecule has 0 N–H and O–H groups in total. The van der Waals surface area contributed by atoms with E-state index < -0.39 is 0 Å². The first kappa shape index (κ1) is 20.3. The average Bonchev–Trinajstić information content (AvgIpc) is 2.92. The number of hydrogen-bond acceptors (Lipinski definition) is 0. The van der Waals surface area contributed by atoms with Crippen LogP contribution in [0.2, 0.25) is 5.02 Å². The minimum absolute atomic E-state index is 0.743.